The minimum absolute atomic E-state index is 0.761. The summed E-state index contributed by atoms with van der Waals surface area (Å²) in [7, 11) is 0. The fourth-order valence-corrected chi connectivity index (χ4v) is 6.68. The molecule has 8 rings (SSSR count). The SMILES string of the molecule is C=CCC.CC.CCC(C)C1=CCCC=C1.Cc1ccc(-c2ccc(-c3cccc4c3c3ccccc3n4-c3ccc4ccccc4c3)cc2)cc1. The van der Waals surface area contributed by atoms with Crippen LogP contribution in [-0.4, -0.2) is 4.57 Å². The summed E-state index contributed by atoms with van der Waals surface area (Å²) in [6.07, 6.45) is 13.6. The number of rotatable bonds is 6. The van der Waals surface area contributed by atoms with Crippen LogP contribution in [0.25, 0.3) is 60.5 Å². The molecule has 0 saturated carbocycles. The Morgan fingerprint density at radius 3 is 1.94 bits per heavy atom. The van der Waals surface area contributed by atoms with Crippen molar-refractivity contribution in [1.82, 2.24) is 4.57 Å². The zero-order valence-electron chi connectivity index (χ0n) is 32.1. The Morgan fingerprint density at radius 1 is 0.673 bits per heavy atom. The molecule has 1 nitrogen and oxygen atoms in total. The highest BCUT2D eigenvalue weighted by Gasteiger charge is 2.16. The van der Waals surface area contributed by atoms with Crippen LogP contribution in [0, 0.1) is 12.8 Å². The molecule has 7 aromatic rings. The lowest BCUT2D eigenvalue weighted by Crippen LogP contribution is -1.96. The Kier molecular flexibility index (Phi) is 13.6. The van der Waals surface area contributed by atoms with E-state index in [0.717, 1.165) is 12.3 Å². The maximum absolute atomic E-state index is 3.48. The molecule has 1 aliphatic carbocycles. The molecule has 6 aromatic carbocycles. The Balaban J connectivity index is 0.000000275. The number of para-hydroxylation sites is 1. The van der Waals surface area contributed by atoms with Crippen LogP contribution in [0.2, 0.25) is 0 Å². The largest absolute Gasteiger partial charge is 0.309 e. The van der Waals surface area contributed by atoms with Crippen LogP contribution in [0.4, 0.5) is 0 Å². The van der Waals surface area contributed by atoms with Crippen LogP contribution < -0.4 is 0 Å². The topological polar surface area (TPSA) is 4.93 Å². The van der Waals surface area contributed by atoms with Crippen molar-refractivity contribution in [2.24, 2.45) is 5.92 Å². The van der Waals surface area contributed by atoms with Gasteiger partial charge in [0.2, 0.25) is 0 Å². The number of hydrogen-bond acceptors (Lipinski definition) is 0. The summed E-state index contributed by atoms with van der Waals surface area (Å²) >= 11 is 0. The lowest BCUT2D eigenvalue weighted by atomic mass is 9.94. The van der Waals surface area contributed by atoms with Crippen molar-refractivity contribution >= 4 is 32.6 Å². The van der Waals surface area contributed by atoms with Gasteiger partial charge in [-0.15, -0.1) is 6.58 Å². The van der Waals surface area contributed by atoms with Gasteiger partial charge >= 0.3 is 0 Å². The molecule has 0 fully saturated rings. The normalized spacial score (nSPS) is 12.5. The quantitative estimate of drug-likeness (QED) is 0.154. The Labute approximate surface area is 312 Å². The van der Waals surface area contributed by atoms with E-state index in [1.165, 1.54) is 90.9 Å². The molecule has 1 heteroatoms. The van der Waals surface area contributed by atoms with E-state index in [9.17, 15) is 0 Å². The first-order valence-electron chi connectivity index (χ1n) is 19.2. The van der Waals surface area contributed by atoms with Gasteiger partial charge in [-0.25, -0.2) is 0 Å². The minimum Gasteiger partial charge on any atom is -0.309 e. The molecule has 0 N–H and O–H groups in total. The van der Waals surface area contributed by atoms with E-state index in [2.05, 4.69) is 191 Å². The van der Waals surface area contributed by atoms with Crippen molar-refractivity contribution in [1.29, 1.82) is 0 Å². The third kappa shape index (κ3) is 8.72. The average molecular weight is 682 g/mol. The fourth-order valence-electron chi connectivity index (χ4n) is 6.68. The summed E-state index contributed by atoms with van der Waals surface area (Å²) < 4.78 is 2.40. The van der Waals surface area contributed by atoms with E-state index < -0.39 is 0 Å². The van der Waals surface area contributed by atoms with E-state index in [-0.39, 0.29) is 0 Å². The van der Waals surface area contributed by atoms with E-state index in [1.54, 1.807) is 0 Å². The van der Waals surface area contributed by atoms with Crippen molar-refractivity contribution < 1.29 is 0 Å². The van der Waals surface area contributed by atoms with Crippen molar-refractivity contribution in [2.75, 3.05) is 0 Å². The summed E-state index contributed by atoms with van der Waals surface area (Å²) in [6.45, 7) is 16.2. The molecule has 1 unspecified atom stereocenters. The van der Waals surface area contributed by atoms with E-state index in [4.69, 9.17) is 0 Å². The van der Waals surface area contributed by atoms with Gasteiger partial charge in [0.1, 0.15) is 0 Å². The maximum Gasteiger partial charge on any atom is 0.0547 e. The predicted octanol–water partition coefficient (Wildman–Crippen LogP) is 15.5. The molecule has 1 aliphatic rings. The third-order valence-electron chi connectivity index (χ3n) is 9.76. The molecule has 0 bridgehead atoms. The summed E-state index contributed by atoms with van der Waals surface area (Å²) in [5, 5.41) is 5.09. The van der Waals surface area contributed by atoms with E-state index in [1.807, 2.05) is 19.9 Å². The van der Waals surface area contributed by atoms with Gasteiger partial charge < -0.3 is 4.57 Å². The molecule has 0 aliphatic heterocycles. The Morgan fingerprint density at radius 2 is 1.29 bits per heavy atom. The number of aryl methyl sites for hydroxylation is 1. The summed E-state index contributed by atoms with van der Waals surface area (Å²) in [6, 6.07) is 48.5. The monoisotopic (exact) mass is 681 g/mol. The molecule has 0 saturated heterocycles. The highest BCUT2D eigenvalue weighted by Crippen LogP contribution is 2.39. The predicted molar refractivity (Wildman–Crippen MR) is 232 cm³/mol. The minimum atomic E-state index is 0.761. The second-order valence-corrected chi connectivity index (χ2v) is 13.2. The number of fused-ring (bicyclic) bond motifs is 4. The fraction of sp³-hybridized carbons (Fsp3) is 0.216. The van der Waals surface area contributed by atoms with Gasteiger partial charge in [-0.3, -0.25) is 0 Å². The molecule has 1 aromatic heterocycles. The second kappa shape index (κ2) is 18.7. The lowest BCUT2D eigenvalue weighted by molar-refractivity contribution is 0.662. The summed E-state index contributed by atoms with van der Waals surface area (Å²) in [4.78, 5) is 0. The van der Waals surface area contributed by atoms with Crippen LogP contribution in [-0.2, 0) is 0 Å². The summed E-state index contributed by atoms with van der Waals surface area (Å²) in [5.74, 6) is 0.761. The second-order valence-electron chi connectivity index (χ2n) is 13.2. The van der Waals surface area contributed by atoms with Gasteiger partial charge in [0, 0.05) is 16.5 Å². The molecule has 264 valence electrons. The highest BCUT2D eigenvalue weighted by atomic mass is 15.0. The van der Waals surface area contributed by atoms with E-state index >= 15 is 0 Å². The molecular formula is C51H55N. The van der Waals surface area contributed by atoms with Crippen molar-refractivity contribution in [2.45, 2.75) is 67.2 Å². The average Bonchev–Trinajstić information content (AvgIpc) is 3.57. The zero-order chi connectivity index (χ0) is 36.9. The van der Waals surface area contributed by atoms with Gasteiger partial charge in [-0.2, -0.15) is 0 Å². The standard InChI is InChI=1S/C35H25N.C10H16.C4H8.C2H6/c1-24-13-15-26(16-14-24)27-17-19-28(20-18-27)31-10-6-12-34-35(31)32-9-4-5-11-33(32)36(34)30-22-21-25-7-2-3-8-29(25)23-30;1-3-9(2)10-7-5-4-6-8-10;1-3-4-2;1-2/h2-23H,1H3;5,7-9H,3-4,6H2,1-2H3;3H,1,4H2,2H3;1-2H3. The van der Waals surface area contributed by atoms with Crippen molar-refractivity contribution in [3.8, 4) is 27.9 Å². The number of aromatic nitrogens is 1. The Bertz CT molecular complexity index is 2260. The molecule has 52 heavy (non-hydrogen) atoms. The van der Waals surface area contributed by atoms with Crippen molar-refractivity contribution in [3.63, 3.8) is 0 Å². The zero-order valence-corrected chi connectivity index (χ0v) is 32.1. The molecule has 0 amide bonds. The first-order valence-corrected chi connectivity index (χ1v) is 19.2. The first kappa shape index (κ1) is 37.8. The number of allylic oxidation sites excluding steroid dienone is 5. The van der Waals surface area contributed by atoms with Gasteiger partial charge in [0.15, 0.2) is 0 Å². The van der Waals surface area contributed by atoms with Crippen molar-refractivity contribution in [3.05, 3.63) is 175 Å². The van der Waals surface area contributed by atoms with Gasteiger partial charge in [-0.1, -0.05) is 174 Å². The van der Waals surface area contributed by atoms with E-state index in [0.29, 0.717) is 0 Å². The molecule has 0 spiro atoms. The van der Waals surface area contributed by atoms with Crippen LogP contribution >= 0.6 is 0 Å². The highest BCUT2D eigenvalue weighted by molar-refractivity contribution is 6.15. The summed E-state index contributed by atoms with van der Waals surface area (Å²) in [5.41, 5.74) is 11.4. The van der Waals surface area contributed by atoms with Crippen LogP contribution in [0.3, 0.4) is 0 Å². The molecule has 1 atom stereocenters. The van der Waals surface area contributed by atoms with Crippen LogP contribution in [0.1, 0.15) is 65.9 Å². The van der Waals surface area contributed by atoms with Gasteiger partial charge in [0.05, 0.1) is 11.0 Å². The number of nitrogens with zero attached hydrogens (tertiary/aromatic N) is 1. The number of benzene rings is 6. The smallest absolute Gasteiger partial charge is 0.0547 e. The number of hydrogen-bond donors (Lipinski definition) is 0. The lowest BCUT2D eigenvalue weighted by Gasteiger charge is -2.12. The van der Waals surface area contributed by atoms with Crippen LogP contribution in [0.15, 0.2) is 170 Å². The Hall–Kier alpha value is -5.40. The van der Waals surface area contributed by atoms with Gasteiger partial charge in [0.25, 0.3) is 0 Å². The maximum atomic E-state index is 3.48. The third-order valence-corrected chi connectivity index (χ3v) is 9.76. The van der Waals surface area contributed by atoms with Gasteiger partial charge in [-0.05, 0) is 101 Å². The molecular weight excluding hydrogens is 627 g/mol. The molecule has 1 heterocycles. The first-order chi connectivity index (χ1) is 25.5. The molecule has 0 radical (unpaired) electrons. The van der Waals surface area contributed by atoms with Crippen LogP contribution in [0.5, 0.6) is 0 Å².